The van der Waals surface area contributed by atoms with Crippen molar-refractivity contribution in [3.8, 4) is 0 Å². The van der Waals surface area contributed by atoms with Gasteiger partial charge in [-0.2, -0.15) is 0 Å². The number of rotatable bonds is 9. The van der Waals surface area contributed by atoms with Gasteiger partial charge in [0, 0.05) is 6.08 Å². The van der Waals surface area contributed by atoms with E-state index in [1.54, 1.807) is 0 Å². The number of carbonyl (C=O) groups excluding carboxylic acids is 1. The molecular weight excluding hydrogens is 226 g/mol. The minimum Gasteiger partial charge on any atom is -0.463 e. The van der Waals surface area contributed by atoms with Crippen molar-refractivity contribution >= 4 is 5.97 Å². The summed E-state index contributed by atoms with van der Waals surface area (Å²) >= 11 is 0. The summed E-state index contributed by atoms with van der Waals surface area (Å²) in [6.45, 7) is 16.3. The Balaban J connectivity index is 0. The molecule has 0 aromatic carbocycles. The second-order valence-electron chi connectivity index (χ2n) is 4.21. The van der Waals surface area contributed by atoms with Gasteiger partial charge in [-0.1, -0.05) is 34.3 Å². The van der Waals surface area contributed by atoms with Gasteiger partial charge in [-0.25, -0.2) is 4.79 Å². The first-order valence-corrected chi connectivity index (χ1v) is 7.17. The van der Waals surface area contributed by atoms with Crippen molar-refractivity contribution in [2.75, 3.05) is 26.2 Å². The molecule has 0 radical (unpaired) electrons. The molecule has 0 saturated heterocycles. The molecule has 0 aliphatic carbocycles. The minimum atomic E-state index is -0.341. The second kappa shape index (κ2) is 16.2. The molecule has 0 aromatic heterocycles. The fraction of sp³-hybridized carbons (Fsp3) is 0.800. The molecule has 3 heteroatoms. The van der Waals surface area contributed by atoms with Crippen LogP contribution in [0.25, 0.3) is 0 Å². The molecule has 0 aliphatic rings. The third-order valence-corrected chi connectivity index (χ3v) is 2.23. The van der Waals surface area contributed by atoms with Crippen LogP contribution in [0.4, 0.5) is 0 Å². The predicted octanol–water partition coefficient (Wildman–Crippen LogP) is 3.64. The Morgan fingerprint density at radius 1 is 1.00 bits per heavy atom. The highest BCUT2D eigenvalue weighted by molar-refractivity contribution is 5.81. The average molecular weight is 257 g/mol. The highest BCUT2D eigenvalue weighted by Gasteiger charge is 1.98. The third-order valence-electron chi connectivity index (χ3n) is 2.23. The normalized spacial score (nSPS) is 9.61. The fourth-order valence-corrected chi connectivity index (χ4v) is 1.55. The van der Waals surface area contributed by atoms with E-state index in [4.69, 9.17) is 0 Å². The van der Waals surface area contributed by atoms with E-state index in [1.165, 1.54) is 38.9 Å². The number of hydrogen-bond acceptors (Lipinski definition) is 3. The van der Waals surface area contributed by atoms with Gasteiger partial charge >= 0.3 is 5.97 Å². The van der Waals surface area contributed by atoms with Crippen LogP contribution in [-0.4, -0.2) is 37.1 Å². The molecule has 0 spiro atoms. The van der Waals surface area contributed by atoms with E-state index < -0.39 is 0 Å². The summed E-state index contributed by atoms with van der Waals surface area (Å²) in [6.07, 6.45) is 5.90. The maximum Gasteiger partial charge on any atom is 0.330 e. The molecule has 18 heavy (non-hydrogen) atoms. The van der Waals surface area contributed by atoms with Crippen molar-refractivity contribution in [1.29, 1.82) is 0 Å². The third kappa shape index (κ3) is 15.2. The Morgan fingerprint density at radius 2 is 1.44 bits per heavy atom. The van der Waals surface area contributed by atoms with Crippen molar-refractivity contribution in [3.63, 3.8) is 0 Å². The van der Waals surface area contributed by atoms with Gasteiger partial charge in [-0.3, -0.25) is 0 Å². The van der Waals surface area contributed by atoms with E-state index >= 15 is 0 Å². The van der Waals surface area contributed by atoms with Gasteiger partial charge in [-0.15, -0.1) is 0 Å². The average Bonchev–Trinajstić information content (AvgIpc) is 2.37. The van der Waals surface area contributed by atoms with E-state index in [-0.39, 0.29) is 5.97 Å². The Morgan fingerprint density at radius 3 is 1.72 bits per heavy atom. The summed E-state index contributed by atoms with van der Waals surface area (Å²) in [4.78, 5) is 12.8. The Bertz CT molecular complexity index is 179. The summed E-state index contributed by atoms with van der Waals surface area (Å²) in [6, 6.07) is 0. The van der Waals surface area contributed by atoms with Gasteiger partial charge in [-0.05, 0) is 45.3 Å². The number of esters is 1. The number of nitrogens with zero attached hydrogens (tertiary/aromatic N) is 1. The molecule has 0 rings (SSSR count). The SMILES string of the molecule is C=CC(=O)OCCC.CCCN(CCC)CCC. The topological polar surface area (TPSA) is 29.5 Å². The summed E-state index contributed by atoms with van der Waals surface area (Å²) in [5, 5.41) is 0. The summed E-state index contributed by atoms with van der Waals surface area (Å²) in [7, 11) is 0. The summed E-state index contributed by atoms with van der Waals surface area (Å²) < 4.78 is 4.58. The van der Waals surface area contributed by atoms with Crippen molar-refractivity contribution < 1.29 is 9.53 Å². The van der Waals surface area contributed by atoms with Crippen LogP contribution in [0, 0.1) is 0 Å². The molecule has 0 N–H and O–H groups in total. The zero-order valence-electron chi connectivity index (χ0n) is 12.7. The molecule has 3 nitrogen and oxygen atoms in total. The van der Waals surface area contributed by atoms with Gasteiger partial charge in [0.05, 0.1) is 6.61 Å². The van der Waals surface area contributed by atoms with Crippen LogP contribution >= 0.6 is 0 Å². The van der Waals surface area contributed by atoms with Crippen LogP contribution in [-0.2, 0) is 9.53 Å². The smallest absolute Gasteiger partial charge is 0.330 e. The van der Waals surface area contributed by atoms with Crippen LogP contribution < -0.4 is 0 Å². The lowest BCUT2D eigenvalue weighted by Gasteiger charge is -2.19. The van der Waals surface area contributed by atoms with E-state index in [2.05, 4.69) is 37.0 Å². The van der Waals surface area contributed by atoms with Crippen LogP contribution in [0.2, 0.25) is 0 Å². The van der Waals surface area contributed by atoms with Gasteiger partial charge in [0.1, 0.15) is 0 Å². The molecular formula is C15H31NO2. The number of hydrogen-bond donors (Lipinski definition) is 0. The molecule has 0 aliphatic heterocycles. The first kappa shape index (κ1) is 19.5. The van der Waals surface area contributed by atoms with Crippen LogP contribution in [0.5, 0.6) is 0 Å². The van der Waals surface area contributed by atoms with Gasteiger partial charge in [0.2, 0.25) is 0 Å². The minimum absolute atomic E-state index is 0.341. The first-order chi connectivity index (χ1) is 8.65. The molecule has 0 bridgehead atoms. The molecule has 0 amide bonds. The lowest BCUT2D eigenvalue weighted by atomic mass is 10.3. The van der Waals surface area contributed by atoms with Crippen LogP contribution in [0.3, 0.4) is 0 Å². The maximum absolute atomic E-state index is 10.2. The molecule has 0 aromatic rings. The molecule has 0 unspecified atom stereocenters. The maximum atomic E-state index is 10.2. The predicted molar refractivity (Wildman–Crippen MR) is 78.8 cm³/mol. The highest BCUT2D eigenvalue weighted by Crippen LogP contribution is 1.94. The van der Waals surface area contributed by atoms with E-state index in [0.717, 1.165) is 12.5 Å². The van der Waals surface area contributed by atoms with Crippen molar-refractivity contribution in [1.82, 2.24) is 4.90 Å². The zero-order chi connectivity index (χ0) is 14.2. The lowest BCUT2D eigenvalue weighted by Crippen LogP contribution is -2.25. The van der Waals surface area contributed by atoms with Crippen molar-refractivity contribution in [2.45, 2.75) is 53.4 Å². The molecule has 108 valence electrons. The van der Waals surface area contributed by atoms with Crippen molar-refractivity contribution in [2.24, 2.45) is 0 Å². The molecule has 0 atom stereocenters. The lowest BCUT2D eigenvalue weighted by molar-refractivity contribution is -0.137. The summed E-state index contributed by atoms with van der Waals surface area (Å²) in [5.41, 5.74) is 0. The molecule has 0 saturated carbocycles. The monoisotopic (exact) mass is 257 g/mol. The second-order valence-corrected chi connectivity index (χ2v) is 4.21. The van der Waals surface area contributed by atoms with Crippen LogP contribution in [0.15, 0.2) is 12.7 Å². The van der Waals surface area contributed by atoms with Gasteiger partial charge < -0.3 is 9.64 Å². The Labute approximate surface area is 113 Å². The molecule has 0 heterocycles. The van der Waals surface area contributed by atoms with Gasteiger partial charge in [0.25, 0.3) is 0 Å². The highest BCUT2D eigenvalue weighted by atomic mass is 16.5. The molecule has 0 fully saturated rings. The number of ether oxygens (including phenoxy) is 1. The number of carbonyl (C=O) groups is 1. The largest absolute Gasteiger partial charge is 0.463 e. The van der Waals surface area contributed by atoms with E-state index in [9.17, 15) is 4.79 Å². The van der Waals surface area contributed by atoms with Gasteiger partial charge in [0.15, 0.2) is 0 Å². The standard InChI is InChI=1S/C9H21N.C6H10O2/c1-4-7-10(8-5-2)9-6-3;1-3-5-8-6(7)4-2/h4-9H2,1-3H3;4H,2-3,5H2,1H3. The fourth-order valence-electron chi connectivity index (χ4n) is 1.55. The Kier molecular flexibility index (Phi) is 17.5. The first-order valence-electron chi connectivity index (χ1n) is 7.17. The quantitative estimate of drug-likeness (QED) is 0.466. The van der Waals surface area contributed by atoms with E-state index in [0.29, 0.717) is 6.61 Å². The summed E-state index contributed by atoms with van der Waals surface area (Å²) in [5.74, 6) is -0.341. The van der Waals surface area contributed by atoms with Crippen molar-refractivity contribution in [3.05, 3.63) is 12.7 Å². The Hall–Kier alpha value is -0.830. The van der Waals surface area contributed by atoms with E-state index in [1.807, 2.05) is 6.92 Å². The van der Waals surface area contributed by atoms with Crippen LogP contribution in [0.1, 0.15) is 53.4 Å². The zero-order valence-corrected chi connectivity index (χ0v) is 12.7.